The molecule has 0 aromatic heterocycles. The van der Waals surface area contributed by atoms with Gasteiger partial charge in [0.1, 0.15) is 0 Å². The molecular weight excluding hydrogens is 224 g/mol. The molecule has 1 unspecified atom stereocenters. The van der Waals surface area contributed by atoms with Gasteiger partial charge >= 0.3 is 0 Å². The Labute approximate surface area is 105 Å². The van der Waals surface area contributed by atoms with Gasteiger partial charge in [-0.15, -0.1) is 12.4 Å². The van der Waals surface area contributed by atoms with E-state index in [1.54, 1.807) is 0 Å². The second-order valence-electron chi connectivity index (χ2n) is 4.34. The lowest BCUT2D eigenvalue weighted by molar-refractivity contribution is -0.133. The van der Waals surface area contributed by atoms with E-state index in [-0.39, 0.29) is 12.4 Å². The third-order valence-corrected chi connectivity index (χ3v) is 3.00. The lowest BCUT2D eigenvalue weighted by Crippen LogP contribution is -2.41. The highest BCUT2D eigenvalue weighted by molar-refractivity contribution is 5.85. The van der Waals surface area contributed by atoms with Crippen LogP contribution in [-0.4, -0.2) is 36.5 Å². The molecular formula is C12H25ClN2O. The highest BCUT2D eigenvalue weighted by Crippen LogP contribution is 2.12. The number of amides is 1. The molecule has 0 aromatic carbocycles. The first-order chi connectivity index (χ1) is 7.29. The number of unbranched alkanes of at least 4 members (excludes halogenated alkanes) is 1. The van der Waals surface area contributed by atoms with Crippen LogP contribution in [0.1, 0.15) is 46.0 Å². The molecule has 3 nitrogen and oxygen atoms in total. The average molecular weight is 249 g/mol. The summed E-state index contributed by atoms with van der Waals surface area (Å²) in [5.74, 6) is 0.354. The van der Waals surface area contributed by atoms with E-state index in [0.29, 0.717) is 11.9 Å². The summed E-state index contributed by atoms with van der Waals surface area (Å²) in [7, 11) is 0. The zero-order chi connectivity index (χ0) is 11.1. The van der Waals surface area contributed by atoms with Gasteiger partial charge in [0, 0.05) is 25.6 Å². The molecule has 1 rings (SSSR count). The first kappa shape index (κ1) is 15.7. The van der Waals surface area contributed by atoms with Gasteiger partial charge in [-0.1, -0.05) is 20.3 Å². The molecule has 0 bridgehead atoms. The number of carbonyl (C=O) groups excluding carboxylic acids is 1. The molecule has 1 amide bonds. The number of rotatable bonds is 6. The van der Waals surface area contributed by atoms with Crippen molar-refractivity contribution in [3.8, 4) is 0 Å². The fourth-order valence-electron chi connectivity index (χ4n) is 2.13. The molecule has 1 aliphatic rings. The van der Waals surface area contributed by atoms with E-state index in [2.05, 4.69) is 24.1 Å². The molecule has 16 heavy (non-hydrogen) atoms. The van der Waals surface area contributed by atoms with Crippen LogP contribution in [0.25, 0.3) is 0 Å². The summed E-state index contributed by atoms with van der Waals surface area (Å²) >= 11 is 0. The van der Waals surface area contributed by atoms with Crippen LogP contribution in [0.3, 0.4) is 0 Å². The molecule has 4 heteroatoms. The Hall–Kier alpha value is -0.280. The number of carbonyl (C=O) groups is 1. The van der Waals surface area contributed by atoms with E-state index < -0.39 is 0 Å². The van der Waals surface area contributed by atoms with Gasteiger partial charge in [0.25, 0.3) is 0 Å². The smallest absolute Gasteiger partial charge is 0.222 e. The van der Waals surface area contributed by atoms with Gasteiger partial charge in [-0.2, -0.15) is 0 Å². The Morgan fingerprint density at radius 2 is 2.12 bits per heavy atom. The van der Waals surface area contributed by atoms with E-state index >= 15 is 0 Å². The minimum Gasteiger partial charge on any atom is -0.338 e. The molecule has 0 aliphatic carbocycles. The van der Waals surface area contributed by atoms with E-state index in [9.17, 15) is 4.79 Å². The second kappa shape index (κ2) is 8.82. The molecule has 1 atom stereocenters. The molecule has 1 fully saturated rings. The Balaban J connectivity index is 0.00000225. The van der Waals surface area contributed by atoms with Gasteiger partial charge in [0.2, 0.25) is 5.91 Å². The summed E-state index contributed by atoms with van der Waals surface area (Å²) in [6.45, 7) is 7.25. The summed E-state index contributed by atoms with van der Waals surface area (Å²) in [5.41, 5.74) is 0. The lowest BCUT2D eigenvalue weighted by Gasteiger charge is -2.28. The average Bonchev–Trinajstić information content (AvgIpc) is 2.75. The number of hydrogen-bond donors (Lipinski definition) is 1. The monoisotopic (exact) mass is 248 g/mol. The molecule has 1 saturated heterocycles. The Kier molecular flexibility index (Phi) is 8.67. The molecule has 96 valence electrons. The Morgan fingerprint density at radius 1 is 1.38 bits per heavy atom. The van der Waals surface area contributed by atoms with Crippen LogP contribution in [0.5, 0.6) is 0 Å². The summed E-state index contributed by atoms with van der Waals surface area (Å²) in [5, 5.41) is 3.33. The van der Waals surface area contributed by atoms with Crippen molar-refractivity contribution in [2.75, 3.05) is 19.6 Å². The lowest BCUT2D eigenvalue weighted by atomic mass is 10.1. The van der Waals surface area contributed by atoms with Crippen LogP contribution < -0.4 is 5.32 Å². The molecule has 0 aromatic rings. The maximum absolute atomic E-state index is 12.0. The van der Waals surface area contributed by atoms with E-state index in [4.69, 9.17) is 0 Å². The first-order valence-corrected chi connectivity index (χ1v) is 6.29. The molecule has 0 radical (unpaired) electrons. The summed E-state index contributed by atoms with van der Waals surface area (Å²) in [4.78, 5) is 14.1. The predicted octanol–water partition coefficient (Wildman–Crippen LogP) is 2.20. The second-order valence-corrected chi connectivity index (χ2v) is 4.34. The van der Waals surface area contributed by atoms with Crippen LogP contribution in [0.4, 0.5) is 0 Å². The van der Waals surface area contributed by atoms with E-state index in [0.717, 1.165) is 51.7 Å². The molecule has 1 N–H and O–H groups in total. The number of halogens is 1. The summed E-state index contributed by atoms with van der Waals surface area (Å²) in [6, 6.07) is 0.453. The fourth-order valence-corrected chi connectivity index (χ4v) is 2.13. The first-order valence-electron chi connectivity index (χ1n) is 6.29. The van der Waals surface area contributed by atoms with Gasteiger partial charge in [-0.05, 0) is 25.8 Å². The molecule has 1 heterocycles. The fraction of sp³-hybridized carbons (Fsp3) is 0.917. The minimum atomic E-state index is 0. The van der Waals surface area contributed by atoms with Crippen molar-refractivity contribution in [2.45, 2.75) is 52.0 Å². The van der Waals surface area contributed by atoms with Gasteiger partial charge in [0.05, 0.1) is 0 Å². The maximum atomic E-state index is 12.0. The highest BCUT2D eigenvalue weighted by Gasteiger charge is 2.24. The number of nitrogens with one attached hydrogen (secondary N) is 1. The van der Waals surface area contributed by atoms with Crippen LogP contribution in [0, 0.1) is 0 Å². The zero-order valence-corrected chi connectivity index (χ0v) is 11.3. The Bertz CT molecular complexity index is 193. The van der Waals surface area contributed by atoms with Crippen LogP contribution >= 0.6 is 12.4 Å². The quantitative estimate of drug-likeness (QED) is 0.782. The highest BCUT2D eigenvalue weighted by atomic mass is 35.5. The van der Waals surface area contributed by atoms with Crippen molar-refractivity contribution in [1.29, 1.82) is 0 Å². The van der Waals surface area contributed by atoms with E-state index in [1.165, 1.54) is 0 Å². The maximum Gasteiger partial charge on any atom is 0.222 e. The summed E-state index contributed by atoms with van der Waals surface area (Å²) < 4.78 is 0. The topological polar surface area (TPSA) is 32.3 Å². The van der Waals surface area contributed by atoms with Crippen molar-refractivity contribution in [1.82, 2.24) is 10.2 Å². The van der Waals surface area contributed by atoms with Crippen molar-refractivity contribution in [2.24, 2.45) is 0 Å². The molecule has 1 aliphatic heterocycles. The van der Waals surface area contributed by atoms with Crippen LogP contribution in [0.2, 0.25) is 0 Å². The predicted molar refractivity (Wildman–Crippen MR) is 70.1 cm³/mol. The van der Waals surface area contributed by atoms with Gasteiger partial charge in [0.15, 0.2) is 0 Å². The number of hydrogen-bond acceptors (Lipinski definition) is 2. The SMILES string of the molecule is CCCCC(=O)N(CCC)C1CCNC1.Cl. The standard InChI is InChI=1S/C12H24N2O.ClH/c1-3-5-6-12(15)14(9-4-2)11-7-8-13-10-11;/h11,13H,3-10H2,1-2H3;1H. The summed E-state index contributed by atoms with van der Waals surface area (Å²) in [6.07, 6.45) is 5.05. The van der Waals surface area contributed by atoms with Crippen molar-refractivity contribution in [3.63, 3.8) is 0 Å². The molecule has 0 spiro atoms. The van der Waals surface area contributed by atoms with E-state index in [1.807, 2.05) is 0 Å². The largest absolute Gasteiger partial charge is 0.338 e. The molecule has 0 saturated carbocycles. The Morgan fingerprint density at radius 3 is 2.62 bits per heavy atom. The van der Waals surface area contributed by atoms with Crippen molar-refractivity contribution < 1.29 is 4.79 Å². The zero-order valence-electron chi connectivity index (χ0n) is 10.5. The van der Waals surface area contributed by atoms with Crippen molar-refractivity contribution >= 4 is 18.3 Å². The van der Waals surface area contributed by atoms with Gasteiger partial charge in [-0.3, -0.25) is 4.79 Å². The minimum absolute atomic E-state index is 0. The third-order valence-electron chi connectivity index (χ3n) is 3.00. The van der Waals surface area contributed by atoms with Gasteiger partial charge in [-0.25, -0.2) is 0 Å². The normalized spacial score (nSPS) is 19.2. The van der Waals surface area contributed by atoms with Crippen LogP contribution in [-0.2, 0) is 4.79 Å². The number of nitrogens with zero attached hydrogens (tertiary/aromatic N) is 1. The van der Waals surface area contributed by atoms with Gasteiger partial charge < -0.3 is 10.2 Å². The van der Waals surface area contributed by atoms with Crippen LogP contribution in [0.15, 0.2) is 0 Å². The third kappa shape index (κ3) is 4.71. The van der Waals surface area contributed by atoms with Crippen molar-refractivity contribution in [3.05, 3.63) is 0 Å².